The van der Waals surface area contributed by atoms with Crippen molar-refractivity contribution in [2.75, 3.05) is 11.9 Å². The van der Waals surface area contributed by atoms with Crippen molar-refractivity contribution < 1.29 is 14.4 Å². The molecule has 3 rings (SSSR count). The lowest BCUT2D eigenvalue weighted by Gasteiger charge is -2.09. The van der Waals surface area contributed by atoms with E-state index in [0.29, 0.717) is 24.7 Å². The lowest BCUT2D eigenvalue weighted by molar-refractivity contribution is 0.0698. The number of hydrogen-bond acceptors (Lipinski definition) is 6. The molecule has 0 fully saturated rings. The minimum absolute atomic E-state index is 0.138. The van der Waals surface area contributed by atoms with E-state index in [-0.39, 0.29) is 5.56 Å². The van der Waals surface area contributed by atoms with Crippen LogP contribution in [0.3, 0.4) is 0 Å². The molecule has 7 nitrogen and oxygen atoms in total. The van der Waals surface area contributed by atoms with Crippen molar-refractivity contribution in [3.63, 3.8) is 0 Å². The van der Waals surface area contributed by atoms with Gasteiger partial charge in [-0.25, -0.2) is 9.78 Å². The van der Waals surface area contributed by atoms with Crippen LogP contribution in [-0.2, 0) is 6.42 Å². The Morgan fingerprint density at radius 3 is 2.95 bits per heavy atom. The first-order valence-electron chi connectivity index (χ1n) is 6.36. The minimum Gasteiger partial charge on any atom is -0.478 e. The predicted molar refractivity (Wildman–Crippen MR) is 75.2 cm³/mol. The number of fused-ring (bicyclic) bond motifs is 1. The summed E-state index contributed by atoms with van der Waals surface area (Å²) in [7, 11) is 0. The summed E-state index contributed by atoms with van der Waals surface area (Å²) in [4.78, 5) is 19.6. The van der Waals surface area contributed by atoms with Crippen LogP contribution in [0.4, 0.5) is 5.82 Å². The van der Waals surface area contributed by atoms with E-state index < -0.39 is 5.97 Å². The van der Waals surface area contributed by atoms with Gasteiger partial charge in [0.2, 0.25) is 5.89 Å². The number of para-hydroxylation sites is 1. The maximum Gasteiger partial charge on any atom is 0.339 e. The Morgan fingerprint density at radius 1 is 1.33 bits per heavy atom. The van der Waals surface area contributed by atoms with Crippen LogP contribution in [-0.4, -0.2) is 32.7 Å². The van der Waals surface area contributed by atoms with Crippen LogP contribution in [0, 0.1) is 0 Å². The molecule has 21 heavy (non-hydrogen) atoms. The Hall–Kier alpha value is -2.96. The van der Waals surface area contributed by atoms with Gasteiger partial charge in [-0.05, 0) is 12.1 Å². The molecule has 2 aromatic heterocycles. The molecule has 106 valence electrons. The monoisotopic (exact) mass is 284 g/mol. The number of nitrogens with zero attached hydrogens (tertiary/aromatic N) is 3. The zero-order valence-electron chi connectivity index (χ0n) is 11.0. The number of aromatic nitrogens is 3. The summed E-state index contributed by atoms with van der Waals surface area (Å²) < 4.78 is 4.88. The number of carboxylic acids is 1. The number of aromatic carboxylic acids is 1. The van der Waals surface area contributed by atoms with E-state index in [9.17, 15) is 9.90 Å². The normalized spacial score (nSPS) is 10.7. The highest BCUT2D eigenvalue weighted by molar-refractivity contribution is 5.98. The standard InChI is InChI=1S/C14H12N4O3/c19-14(20)10-7-9-3-1-2-4-11(9)18-13(10)15-6-5-12-16-8-17-21-12/h1-4,7-8H,5-6H2,(H,15,18)(H,19,20). The van der Waals surface area contributed by atoms with Crippen molar-refractivity contribution in [1.82, 2.24) is 15.1 Å². The molecule has 0 saturated heterocycles. The van der Waals surface area contributed by atoms with Gasteiger partial charge in [0.1, 0.15) is 11.4 Å². The molecule has 0 aliphatic carbocycles. The number of carboxylic acid groups (broad SMARTS) is 1. The number of anilines is 1. The second-order valence-corrected chi connectivity index (χ2v) is 4.39. The van der Waals surface area contributed by atoms with Crippen LogP contribution in [0.1, 0.15) is 16.2 Å². The largest absolute Gasteiger partial charge is 0.478 e. The van der Waals surface area contributed by atoms with Crippen LogP contribution >= 0.6 is 0 Å². The third-order valence-electron chi connectivity index (χ3n) is 2.99. The maximum absolute atomic E-state index is 11.3. The lowest BCUT2D eigenvalue weighted by Crippen LogP contribution is -2.11. The third-order valence-corrected chi connectivity index (χ3v) is 2.99. The van der Waals surface area contributed by atoms with Crippen LogP contribution in [0.25, 0.3) is 10.9 Å². The van der Waals surface area contributed by atoms with Crippen LogP contribution in [0.15, 0.2) is 41.2 Å². The summed E-state index contributed by atoms with van der Waals surface area (Å²) in [5.74, 6) is -0.200. The molecule has 0 aliphatic heterocycles. The van der Waals surface area contributed by atoms with Gasteiger partial charge in [0.15, 0.2) is 6.33 Å². The average Bonchev–Trinajstić information content (AvgIpc) is 2.99. The molecule has 2 N–H and O–H groups in total. The number of rotatable bonds is 5. The second-order valence-electron chi connectivity index (χ2n) is 4.39. The average molecular weight is 284 g/mol. The van der Waals surface area contributed by atoms with E-state index in [1.165, 1.54) is 6.33 Å². The second kappa shape index (κ2) is 5.58. The topological polar surface area (TPSA) is 101 Å². The molecule has 2 heterocycles. The van der Waals surface area contributed by atoms with Crippen molar-refractivity contribution in [3.8, 4) is 0 Å². The SMILES string of the molecule is O=C(O)c1cc2ccccc2nc1NCCc1ncno1. The van der Waals surface area contributed by atoms with Crippen LogP contribution < -0.4 is 5.32 Å². The quantitative estimate of drug-likeness (QED) is 0.738. The molecule has 0 atom stereocenters. The van der Waals surface area contributed by atoms with Gasteiger partial charge < -0.3 is 14.9 Å². The molecule has 0 aliphatic rings. The Morgan fingerprint density at radius 2 is 2.19 bits per heavy atom. The molecule has 7 heteroatoms. The summed E-state index contributed by atoms with van der Waals surface area (Å²) in [6, 6.07) is 8.98. The molecule has 0 spiro atoms. The molecular weight excluding hydrogens is 272 g/mol. The number of carbonyl (C=O) groups is 1. The van der Waals surface area contributed by atoms with E-state index in [1.54, 1.807) is 6.07 Å². The summed E-state index contributed by atoms with van der Waals surface area (Å²) in [6.45, 7) is 0.452. The van der Waals surface area contributed by atoms with Gasteiger partial charge in [-0.15, -0.1) is 0 Å². The van der Waals surface area contributed by atoms with Gasteiger partial charge in [-0.3, -0.25) is 0 Å². The Labute approximate surface area is 119 Å². The minimum atomic E-state index is -1.02. The van der Waals surface area contributed by atoms with E-state index in [2.05, 4.69) is 20.4 Å². The first kappa shape index (κ1) is 13.0. The van der Waals surface area contributed by atoms with Gasteiger partial charge >= 0.3 is 5.97 Å². The van der Waals surface area contributed by atoms with Crippen LogP contribution in [0.5, 0.6) is 0 Å². The number of hydrogen-bond donors (Lipinski definition) is 2. The summed E-state index contributed by atoms with van der Waals surface area (Å²) in [5.41, 5.74) is 0.877. The van der Waals surface area contributed by atoms with E-state index in [1.807, 2.05) is 24.3 Å². The van der Waals surface area contributed by atoms with Gasteiger partial charge in [0, 0.05) is 18.4 Å². The summed E-state index contributed by atoms with van der Waals surface area (Å²) in [5, 5.41) is 16.6. The third kappa shape index (κ3) is 2.81. The molecule has 0 saturated carbocycles. The zero-order valence-corrected chi connectivity index (χ0v) is 11.0. The molecular formula is C14H12N4O3. The number of pyridine rings is 1. The van der Waals surface area contributed by atoms with Crippen LogP contribution in [0.2, 0.25) is 0 Å². The fourth-order valence-electron chi connectivity index (χ4n) is 2.01. The van der Waals surface area contributed by atoms with E-state index in [0.717, 1.165) is 10.9 Å². The molecule has 0 bridgehead atoms. The van der Waals surface area contributed by atoms with Gasteiger partial charge in [-0.2, -0.15) is 4.98 Å². The fraction of sp³-hybridized carbons (Fsp3) is 0.143. The van der Waals surface area contributed by atoms with Crippen molar-refractivity contribution >= 4 is 22.7 Å². The first-order chi connectivity index (χ1) is 10.2. The summed E-state index contributed by atoms with van der Waals surface area (Å²) >= 11 is 0. The Kier molecular flexibility index (Phi) is 3.46. The summed E-state index contributed by atoms with van der Waals surface area (Å²) in [6.07, 6.45) is 1.82. The van der Waals surface area contributed by atoms with E-state index >= 15 is 0 Å². The molecule has 3 aromatic rings. The molecule has 0 unspecified atom stereocenters. The first-order valence-corrected chi connectivity index (χ1v) is 6.36. The maximum atomic E-state index is 11.3. The van der Waals surface area contributed by atoms with Crippen molar-refractivity contribution in [2.24, 2.45) is 0 Å². The molecule has 1 aromatic carbocycles. The van der Waals surface area contributed by atoms with Crippen molar-refractivity contribution in [1.29, 1.82) is 0 Å². The Balaban J connectivity index is 1.85. The number of benzene rings is 1. The Bertz CT molecular complexity index is 771. The van der Waals surface area contributed by atoms with Gasteiger partial charge in [0.25, 0.3) is 0 Å². The highest BCUT2D eigenvalue weighted by Gasteiger charge is 2.13. The van der Waals surface area contributed by atoms with Crippen molar-refractivity contribution in [3.05, 3.63) is 48.1 Å². The lowest BCUT2D eigenvalue weighted by atomic mass is 10.1. The van der Waals surface area contributed by atoms with E-state index in [4.69, 9.17) is 4.52 Å². The van der Waals surface area contributed by atoms with Gasteiger partial charge in [0.05, 0.1) is 5.52 Å². The smallest absolute Gasteiger partial charge is 0.339 e. The fourth-order valence-corrected chi connectivity index (χ4v) is 2.01. The highest BCUT2D eigenvalue weighted by Crippen LogP contribution is 2.20. The number of nitrogens with one attached hydrogen (secondary N) is 1. The zero-order chi connectivity index (χ0) is 14.7. The van der Waals surface area contributed by atoms with Gasteiger partial charge in [-0.1, -0.05) is 23.4 Å². The predicted octanol–water partition coefficient (Wildman–Crippen LogP) is 1.97. The molecule has 0 amide bonds. The van der Waals surface area contributed by atoms with Crippen molar-refractivity contribution in [2.45, 2.75) is 6.42 Å². The molecule has 0 radical (unpaired) electrons. The highest BCUT2D eigenvalue weighted by atomic mass is 16.5.